The Morgan fingerprint density at radius 3 is 2.22 bits per heavy atom. The van der Waals surface area contributed by atoms with Gasteiger partial charge >= 0.3 is 29.8 Å². The summed E-state index contributed by atoms with van der Waals surface area (Å²) in [5, 5.41) is 51.6. The van der Waals surface area contributed by atoms with E-state index in [9.17, 15) is 49.5 Å². The van der Waals surface area contributed by atoms with Gasteiger partial charge in [-0.1, -0.05) is 30.3 Å². The third-order valence-electron chi connectivity index (χ3n) is 10.1. The van der Waals surface area contributed by atoms with Gasteiger partial charge < -0.3 is 72.9 Å². The van der Waals surface area contributed by atoms with Crippen LogP contribution < -0.4 is 4.74 Å². The van der Waals surface area contributed by atoms with E-state index in [4.69, 9.17) is 47.4 Å². The molecule has 3 saturated heterocycles. The van der Waals surface area contributed by atoms with E-state index in [1.165, 1.54) is 36.6 Å². The lowest BCUT2D eigenvalue weighted by Crippen LogP contribution is -2.64. The summed E-state index contributed by atoms with van der Waals surface area (Å²) in [5.41, 5.74) is -0.272. The maximum absolute atomic E-state index is 14.0. The molecule has 2 aromatic rings. The summed E-state index contributed by atoms with van der Waals surface area (Å²) in [4.78, 5) is 65.0. The van der Waals surface area contributed by atoms with Crippen molar-refractivity contribution in [2.75, 3.05) is 19.8 Å². The van der Waals surface area contributed by atoms with Crippen molar-refractivity contribution in [3.05, 3.63) is 84.1 Å². The van der Waals surface area contributed by atoms with Crippen LogP contribution in [0.5, 0.6) is 11.5 Å². The quantitative estimate of drug-likeness (QED) is 0.102. The van der Waals surface area contributed by atoms with Crippen LogP contribution in [0, 0.1) is 11.8 Å². The van der Waals surface area contributed by atoms with Crippen LogP contribution in [0.15, 0.2) is 73.0 Å². The van der Waals surface area contributed by atoms with Gasteiger partial charge in [0.2, 0.25) is 18.9 Å². The van der Waals surface area contributed by atoms with Gasteiger partial charge in [0.15, 0.2) is 29.8 Å². The van der Waals surface area contributed by atoms with E-state index in [2.05, 4.69) is 6.58 Å². The maximum atomic E-state index is 14.0. The molecule has 0 aromatic heterocycles. The van der Waals surface area contributed by atoms with Crippen molar-refractivity contribution in [2.45, 2.75) is 88.0 Å². The van der Waals surface area contributed by atoms with Crippen molar-refractivity contribution in [3.8, 4) is 11.5 Å². The number of fused-ring (bicyclic) bond motifs is 1. The van der Waals surface area contributed by atoms with E-state index < -0.39 is 140 Å². The first kappa shape index (κ1) is 44.0. The molecule has 0 aliphatic carbocycles. The molecule has 324 valence electrons. The molecule has 0 spiro atoms. The number of phenols is 1. The van der Waals surface area contributed by atoms with Gasteiger partial charge in [0, 0.05) is 25.7 Å². The lowest BCUT2D eigenvalue weighted by molar-refractivity contribution is -0.338. The van der Waals surface area contributed by atoms with Crippen molar-refractivity contribution in [1.29, 1.82) is 0 Å². The molecule has 2 aromatic carbocycles. The number of cyclic esters (lactones) is 1. The number of para-hydroxylation sites is 1. The Hall–Kier alpha value is -5.61. The average molecular weight is 845 g/mol. The predicted octanol–water partition coefficient (Wildman–Crippen LogP) is 0.164. The first-order valence-electron chi connectivity index (χ1n) is 18.7. The van der Waals surface area contributed by atoms with Crippen LogP contribution in [0.25, 0.3) is 0 Å². The molecule has 0 unspecified atom stereocenters. The Bertz CT molecular complexity index is 1930. The van der Waals surface area contributed by atoms with Crippen molar-refractivity contribution >= 4 is 29.8 Å². The van der Waals surface area contributed by atoms with Gasteiger partial charge in [0.25, 0.3) is 0 Å². The van der Waals surface area contributed by atoms with Gasteiger partial charge in [-0.15, -0.1) is 6.58 Å². The number of esters is 5. The second kappa shape index (κ2) is 19.2. The van der Waals surface area contributed by atoms with Crippen LogP contribution in [0.2, 0.25) is 0 Å². The number of hydrogen-bond acceptors (Lipinski definition) is 20. The minimum Gasteiger partial charge on any atom is -0.504 e. The van der Waals surface area contributed by atoms with E-state index in [0.29, 0.717) is 6.42 Å². The summed E-state index contributed by atoms with van der Waals surface area (Å²) in [7, 11) is 0. The third-order valence-corrected chi connectivity index (χ3v) is 10.1. The minimum absolute atomic E-state index is 0.0562. The van der Waals surface area contributed by atoms with Crippen molar-refractivity contribution < 1.29 is 96.9 Å². The minimum atomic E-state index is -1.87. The lowest BCUT2D eigenvalue weighted by Gasteiger charge is -2.46. The highest BCUT2D eigenvalue weighted by atomic mass is 16.8. The molecular formula is C40H44O20. The Kier molecular flexibility index (Phi) is 14.1. The molecule has 13 atom stereocenters. The summed E-state index contributed by atoms with van der Waals surface area (Å²) in [5.74, 6) is -7.07. The molecule has 6 rings (SSSR count). The summed E-state index contributed by atoms with van der Waals surface area (Å²) >= 11 is 0. The number of aromatic hydroxyl groups is 1. The fourth-order valence-corrected chi connectivity index (χ4v) is 7.10. The molecule has 0 amide bonds. The van der Waals surface area contributed by atoms with Crippen LogP contribution in [-0.4, -0.2) is 143 Å². The van der Waals surface area contributed by atoms with Crippen molar-refractivity contribution in [2.24, 2.45) is 11.8 Å². The van der Waals surface area contributed by atoms with Gasteiger partial charge in [-0.25, -0.2) is 14.4 Å². The number of carbonyl (C=O) groups is 5. The standard InChI is InChI=1S/C40H44O20/c1-4-21-22-13-14-51-36(49)24(22)16-53-38(21)60-40-34(59-35(48)20-9-6-5-7-10-20)33(54-19(3)43)32(27(57-40)17-52-18(2)42)58-37(50)23-11-8-12-25(28(23)44)55-39-31(47)30(46)29(45)26(15-41)56-39/h4-12,16,21-22,26-27,29-34,38-41,44-47H,1,13-15,17H2,2-3H3/t21-,22-,26-,27+,29-,30+,31-,32+,33-,34+,38-,39-,40-/m0/s1. The van der Waals surface area contributed by atoms with Crippen molar-refractivity contribution in [3.63, 3.8) is 0 Å². The zero-order valence-electron chi connectivity index (χ0n) is 32.2. The zero-order valence-corrected chi connectivity index (χ0v) is 32.2. The van der Waals surface area contributed by atoms with Crippen LogP contribution in [0.3, 0.4) is 0 Å². The fraction of sp³-hybridized carbons (Fsp3) is 0.475. The predicted molar refractivity (Wildman–Crippen MR) is 195 cm³/mol. The Balaban J connectivity index is 1.34. The SMILES string of the molecule is C=C[C@@H]1[C@H](O[C@@H]2O[C@H](COC(C)=O)[C@@H](OC(=O)c3cccc(O[C@H]4O[C@@H](CO)[C@H](O)[C@@H](O)[C@@H]4O)c3O)[C@H](OC(C)=O)[C@H]2OC(=O)c2ccccc2)OC=C2C(=O)OCC[C@H]21. The second-order valence-electron chi connectivity index (χ2n) is 14.1. The highest BCUT2D eigenvalue weighted by Crippen LogP contribution is 2.40. The maximum Gasteiger partial charge on any atom is 0.342 e. The first-order chi connectivity index (χ1) is 28.7. The molecule has 4 heterocycles. The summed E-state index contributed by atoms with van der Waals surface area (Å²) in [6.45, 7) is 4.69. The molecule has 4 aliphatic rings. The number of ether oxygens (including phenoxy) is 10. The zero-order chi connectivity index (χ0) is 43.2. The number of rotatable bonds is 13. The molecule has 20 heteroatoms. The van der Waals surface area contributed by atoms with E-state index in [1.54, 1.807) is 18.2 Å². The number of aliphatic hydroxyl groups is 4. The number of aliphatic hydroxyl groups excluding tert-OH is 4. The largest absolute Gasteiger partial charge is 0.504 e. The highest BCUT2D eigenvalue weighted by molar-refractivity contribution is 5.93. The number of hydrogen-bond donors (Lipinski definition) is 5. The summed E-state index contributed by atoms with van der Waals surface area (Å²) < 4.78 is 57.1. The van der Waals surface area contributed by atoms with Crippen molar-refractivity contribution in [1.82, 2.24) is 0 Å². The molecular weight excluding hydrogens is 800 g/mol. The Morgan fingerprint density at radius 2 is 1.53 bits per heavy atom. The highest BCUT2D eigenvalue weighted by Gasteiger charge is 2.55. The third kappa shape index (κ3) is 9.55. The Labute approximate surface area is 341 Å². The lowest BCUT2D eigenvalue weighted by atomic mass is 9.81. The van der Waals surface area contributed by atoms with E-state index in [1.807, 2.05) is 0 Å². The van der Waals surface area contributed by atoms with Crippen LogP contribution >= 0.6 is 0 Å². The normalized spacial score (nSPS) is 32.4. The van der Waals surface area contributed by atoms with Crippen LogP contribution in [0.1, 0.15) is 41.0 Å². The summed E-state index contributed by atoms with van der Waals surface area (Å²) in [6, 6.07) is 11.2. The molecule has 5 N–H and O–H groups in total. The van der Waals surface area contributed by atoms with Crippen LogP contribution in [0.4, 0.5) is 0 Å². The van der Waals surface area contributed by atoms with Gasteiger partial charge in [0.05, 0.1) is 30.6 Å². The van der Waals surface area contributed by atoms with E-state index >= 15 is 0 Å². The topological polar surface area (TPSA) is 279 Å². The molecule has 3 fully saturated rings. The molecule has 0 saturated carbocycles. The molecule has 60 heavy (non-hydrogen) atoms. The van der Waals surface area contributed by atoms with Gasteiger partial charge in [-0.2, -0.15) is 0 Å². The van der Waals surface area contributed by atoms with Gasteiger partial charge in [-0.05, 0) is 30.7 Å². The monoisotopic (exact) mass is 844 g/mol. The smallest absolute Gasteiger partial charge is 0.342 e. The van der Waals surface area contributed by atoms with Crippen LogP contribution in [-0.2, 0) is 57.0 Å². The number of phenolic OH excluding ortho intramolecular Hbond substituents is 1. The second-order valence-corrected chi connectivity index (χ2v) is 14.1. The van der Waals surface area contributed by atoms with Gasteiger partial charge in [-0.3, -0.25) is 9.59 Å². The first-order valence-corrected chi connectivity index (χ1v) is 18.7. The fourth-order valence-electron chi connectivity index (χ4n) is 7.10. The summed E-state index contributed by atoms with van der Waals surface area (Å²) in [6.07, 6.45) is -15.2. The molecule has 4 aliphatic heterocycles. The van der Waals surface area contributed by atoms with E-state index in [-0.39, 0.29) is 17.7 Å². The number of benzene rings is 2. The number of carbonyl (C=O) groups excluding carboxylic acids is 5. The average Bonchev–Trinajstić information content (AvgIpc) is 3.23. The molecule has 0 radical (unpaired) electrons. The molecule has 0 bridgehead atoms. The Morgan fingerprint density at radius 1 is 0.817 bits per heavy atom. The van der Waals surface area contributed by atoms with E-state index in [0.717, 1.165) is 19.9 Å². The van der Waals surface area contributed by atoms with Gasteiger partial charge in [0.1, 0.15) is 42.7 Å². The molecule has 20 nitrogen and oxygen atoms in total.